The van der Waals surface area contributed by atoms with Crippen molar-refractivity contribution in [3.63, 3.8) is 0 Å². The second-order valence-corrected chi connectivity index (χ2v) is 13.0. The number of anilines is 1. The Kier molecular flexibility index (Phi) is 8.39. The van der Waals surface area contributed by atoms with Gasteiger partial charge in [-0.05, 0) is 72.9 Å². The van der Waals surface area contributed by atoms with Gasteiger partial charge in [-0.2, -0.15) is 4.31 Å². The van der Waals surface area contributed by atoms with Gasteiger partial charge in [0.25, 0.3) is 5.56 Å². The van der Waals surface area contributed by atoms with Crippen molar-refractivity contribution in [1.82, 2.24) is 13.9 Å². The molecule has 0 bridgehead atoms. The fraction of sp³-hybridized carbons (Fsp3) is 0.300. The topological polar surface area (TPSA) is 101 Å². The van der Waals surface area contributed by atoms with E-state index < -0.39 is 10.0 Å². The summed E-state index contributed by atoms with van der Waals surface area (Å²) in [6, 6.07) is 21.2. The van der Waals surface area contributed by atoms with Gasteiger partial charge in [0, 0.05) is 18.8 Å². The Hall–Kier alpha value is -3.47. The van der Waals surface area contributed by atoms with Crippen molar-refractivity contribution in [3.05, 3.63) is 88.7 Å². The van der Waals surface area contributed by atoms with Crippen LogP contribution < -0.4 is 10.9 Å². The summed E-state index contributed by atoms with van der Waals surface area (Å²) in [7, 11) is -3.54. The van der Waals surface area contributed by atoms with Gasteiger partial charge in [0.05, 0.1) is 27.2 Å². The van der Waals surface area contributed by atoms with E-state index in [2.05, 4.69) is 19.2 Å². The highest BCUT2D eigenvalue weighted by molar-refractivity contribution is 7.99. The number of hydrogen-bond donors (Lipinski definition) is 1. The number of aromatic nitrogens is 2. The highest BCUT2D eigenvalue weighted by Crippen LogP contribution is 2.25. The van der Waals surface area contributed by atoms with E-state index in [0.717, 1.165) is 24.8 Å². The molecule has 0 aliphatic carbocycles. The van der Waals surface area contributed by atoms with E-state index in [4.69, 9.17) is 4.98 Å². The molecule has 0 spiro atoms. The highest BCUT2D eigenvalue weighted by Gasteiger charge is 2.25. The van der Waals surface area contributed by atoms with E-state index in [1.54, 1.807) is 34.9 Å². The molecule has 0 unspecified atom stereocenters. The predicted molar refractivity (Wildman–Crippen MR) is 160 cm³/mol. The standard InChI is InChI=1S/C30H32N4O4S2/c1-21(2)22-10-14-24(15-11-22)34-29(36)26-8-4-5-9-27(26)32-30(34)39-20-28(35)31-23-12-16-25(17-13-23)40(37,38)33-18-6-3-7-19-33/h4-5,8-17,21H,3,6-7,18-20H2,1-2H3,(H,31,35). The third-order valence-electron chi connectivity index (χ3n) is 6.99. The van der Waals surface area contributed by atoms with Crippen LogP contribution in [0.1, 0.15) is 44.6 Å². The van der Waals surface area contributed by atoms with Crippen LogP contribution in [0.4, 0.5) is 5.69 Å². The van der Waals surface area contributed by atoms with Gasteiger partial charge in [-0.3, -0.25) is 14.2 Å². The summed E-state index contributed by atoms with van der Waals surface area (Å²) < 4.78 is 28.9. The van der Waals surface area contributed by atoms with Gasteiger partial charge in [-0.1, -0.05) is 56.3 Å². The first-order valence-electron chi connectivity index (χ1n) is 13.4. The largest absolute Gasteiger partial charge is 0.325 e. The van der Waals surface area contributed by atoms with Crippen LogP contribution in [-0.2, 0) is 14.8 Å². The number of benzene rings is 3. The minimum absolute atomic E-state index is 0.0166. The Morgan fingerprint density at radius 1 is 0.950 bits per heavy atom. The molecule has 1 aromatic heterocycles. The van der Waals surface area contributed by atoms with E-state index in [1.165, 1.54) is 28.2 Å². The zero-order chi connectivity index (χ0) is 28.3. The van der Waals surface area contributed by atoms with Gasteiger partial charge in [0.1, 0.15) is 0 Å². The molecule has 0 saturated carbocycles. The van der Waals surface area contributed by atoms with Crippen molar-refractivity contribution in [2.45, 2.75) is 49.1 Å². The number of para-hydroxylation sites is 1. The van der Waals surface area contributed by atoms with Crippen molar-refractivity contribution < 1.29 is 13.2 Å². The van der Waals surface area contributed by atoms with Crippen molar-refractivity contribution in [2.75, 3.05) is 24.2 Å². The van der Waals surface area contributed by atoms with E-state index in [1.807, 2.05) is 30.3 Å². The molecular weight excluding hydrogens is 544 g/mol. The number of rotatable bonds is 8. The SMILES string of the molecule is CC(C)c1ccc(-n2c(SCC(=O)Nc3ccc(S(=O)(=O)N4CCCCC4)cc3)nc3ccccc3c2=O)cc1. The quantitative estimate of drug-likeness (QED) is 0.222. The average molecular weight is 577 g/mol. The molecule has 4 aromatic rings. The molecule has 1 N–H and O–H groups in total. The number of thioether (sulfide) groups is 1. The maximum Gasteiger partial charge on any atom is 0.266 e. The Morgan fingerprint density at radius 3 is 2.30 bits per heavy atom. The average Bonchev–Trinajstić information content (AvgIpc) is 2.97. The maximum atomic E-state index is 13.5. The number of nitrogens with zero attached hydrogens (tertiary/aromatic N) is 3. The minimum atomic E-state index is -3.54. The summed E-state index contributed by atoms with van der Waals surface area (Å²) in [5.41, 5.74) is 2.71. The van der Waals surface area contributed by atoms with Crippen LogP contribution >= 0.6 is 11.8 Å². The molecule has 1 aliphatic rings. The number of nitrogens with one attached hydrogen (secondary N) is 1. The fourth-order valence-corrected chi connectivity index (χ4v) is 7.07. The number of piperidine rings is 1. The summed E-state index contributed by atoms with van der Waals surface area (Å²) in [6.45, 7) is 5.29. The molecule has 10 heteroatoms. The molecule has 5 rings (SSSR count). The van der Waals surface area contributed by atoms with E-state index in [9.17, 15) is 18.0 Å². The number of carbonyl (C=O) groups excluding carboxylic acids is 1. The summed E-state index contributed by atoms with van der Waals surface area (Å²) in [4.78, 5) is 31.3. The van der Waals surface area contributed by atoms with Gasteiger partial charge in [0.15, 0.2) is 5.16 Å². The summed E-state index contributed by atoms with van der Waals surface area (Å²) in [6.07, 6.45) is 2.78. The van der Waals surface area contributed by atoms with Crippen molar-refractivity contribution in [1.29, 1.82) is 0 Å². The minimum Gasteiger partial charge on any atom is -0.325 e. The van der Waals surface area contributed by atoms with Crippen LogP contribution in [0.5, 0.6) is 0 Å². The van der Waals surface area contributed by atoms with E-state index in [0.29, 0.717) is 46.4 Å². The Labute approximate surface area is 238 Å². The Balaban J connectivity index is 1.33. The molecule has 1 aliphatic heterocycles. The number of sulfonamides is 1. The first-order chi connectivity index (χ1) is 19.2. The molecule has 1 amide bonds. The van der Waals surface area contributed by atoms with Crippen LogP contribution in [0.25, 0.3) is 16.6 Å². The number of hydrogen-bond acceptors (Lipinski definition) is 6. The van der Waals surface area contributed by atoms with Crippen LogP contribution in [0.15, 0.2) is 87.6 Å². The van der Waals surface area contributed by atoms with Gasteiger partial charge in [-0.15, -0.1) is 0 Å². The monoisotopic (exact) mass is 576 g/mol. The van der Waals surface area contributed by atoms with Crippen LogP contribution in [0.3, 0.4) is 0 Å². The molecule has 3 aromatic carbocycles. The van der Waals surface area contributed by atoms with Gasteiger partial charge >= 0.3 is 0 Å². The highest BCUT2D eigenvalue weighted by atomic mass is 32.2. The lowest BCUT2D eigenvalue weighted by Gasteiger charge is -2.25. The molecule has 0 radical (unpaired) electrons. The van der Waals surface area contributed by atoms with Crippen LogP contribution in [0, 0.1) is 0 Å². The van der Waals surface area contributed by atoms with Gasteiger partial charge in [0.2, 0.25) is 15.9 Å². The van der Waals surface area contributed by atoms with Gasteiger partial charge < -0.3 is 5.32 Å². The summed E-state index contributed by atoms with van der Waals surface area (Å²) >= 11 is 1.17. The third kappa shape index (κ3) is 5.99. The second kappa shape index (κ2) is 12.0. The zero-order valence-electron chi connectivity index (χ0n) is 22.5. The predicted octanol–water partition coefficient (Wildman–Crippen LogP) is 5.41. The van der Waals surface area contributed by atoms with E-state index in [-0.39, 0.29) is 22.1 Å². The van der Waals surface area contributed by atoms with Crippen molar-refractivity contribution in [2.24, 2.45) is 0 Å². The number of amides is 1. The molecule has 40 heavy (non-hydrogen) atoms. The second-order valence-electron chi connectivity index (χ2n) is 10.1. The first-order valence-corrected chi connectivity index (χ1v) is 15.8. The van der Waals surface area contributed by atoms with Crippen LogP contribution in [0.2, 0.25) is 0 Å². The Bertz CT molecular complexity index is 1680. The van der Waals surface area contributed by atoms with Crippen molar-refractivity contribution >= 4 is 44.3 Å². The normalized spacial score (nSPS) is 14.5. The molecule has 8 nitrogen and oxygen atoms in total. The lowest BCUT2D eigenvalue weighted by atomic mass is 10.0. The van der Waals surface area contributed by atoms with Gasteiger partial charge in [-0.25, -0.2) is 13.4 Å². The van der Waals surface area contributed by atoms with E-state index >= 15 is 0 Å². The fourth-order valence-electron chi connectivity index (χ4n) is 4.74. The maximum absolute atomic E-state index is 13.5. The molecule has 1 fully saturated rings. The molecule has 0 atom stereocenters. The lowest BCUT2D eigenvalue weighted by Crippen LogP contribution is -2.35. The Morgan fingerprint density at radius 2 is 1.62 bits per heavy atom. The molecule has 2 heterocycles. The zero-order valence-corrected chi connectivity index (χ0v) is 24.2. The molecule has 208 valence electrons. The molecular formula is C30H32N4O4S2. The third-order valence-corrected chi connectivity index (χ3v) is 9.84. The number of carbonyl (C=O) groups is 1. The van der Waals surface area contributed by atoms with Crippen molar-refractivity contribution in [3.8, 4) is 5.69 Å². The summed E-state index contributed by atoms with van der Waals surface area (Å²) in [5.74, 6) is 0.0839. The van der Waals surface area contributed by atoms with Crippen LogP contribution in [-0.4, -0.2) is 47.0 Å². The lowest BCUT2D eigenvalue weighted by molar-refractivity contribution is -0.113. The summed E-state index contributed by atoms with van der Waals surface area (Å²) in [5, 5.41) is 3.74. The smallest absolute Gasteiger partial charge is 0.266 e. The first kappa shape index (κ1) is 28.1. The number of fused-ring (bicyclic) bond motifs is 1. The molecule has 1 saturated heterocycles.